The molecule has 0 fully saturated rings. The van der Waals surface area contributed by atoms with E-state index in [2.05, 4.69) is 25.6 Å². The number of carbonyl (C=O) groups is 1. The molecule has 0 aliphatic rings. The Hall–Kier alpha value is -3.29. The van der Waals surface area contributed by atoms with Gasteiger partial charge >= 0.3 is 0 Å². The van der Waals surface area contributed by atoms with Crippen LogP contribution in [-0.2, 0) is 6.54 Å². The van der Waals surface area contributed by atoms with E-state index in [1.54, 1.807) is 12.5 Å². The van der Waals surface area contributed by atoms with E-state index in [-0.39, 0.29) is 11.6 Å². The van der Waals surface area contributed by atoms with Gasteiger partial charge in [-0.2, -0.15) is 5.21 Å². The number of aliphatic hydroxyl groups is 1. The molecule has 0 atom stereocenters. The molecule has 3 aromatic rings. The summed E-state index contributed by atoms with van der Waals surface area (Å²) < 4.78 is 1.81. The maximum absolute atomic E-state index is 11.7. The van der Waals surface area contributed by atoms with Crippen molar-refractivity contribution in [2.45, 2.75) is 6.54 Å². The van der Waals surface area contributed by atoms with Crippen LogP contribution in [0.4, 0.5) is 0 Å². The number of allylic oxidation sites excluding steroid dienone is 1. The first-order valence-electron chi connectivity index (χ1n) is 6.47. The van der Waals surface area contributed by atoms with Crippen LogP contribution in [0.1, 0.15) is 21.9 Å². The van der Waals surface area contributed by atoms with Crippen molar-refractivity contribution < 1.29 is 9.90 Å². The number of tetrazole rings is 1. The van der Waals surface area contributed by atoms with E-state index >= 15 is 0 Å². The number of H-pyrrole nitrogens is 1. The molecule has 0 amide bonds. The van der Waals surface area contributed by atoms with Crippen molar-refractivity contribution in [1.82, 2.24) is 30.2 Å². The summed E-state index contributed by atoms with van der Waals surface area (Å²) in [5.41, 5.74) is 1.41. The van der Waals surface area contributed by atoms with Crippen molar-refractivity contribution in [3.63, 3.8) is 0 Å². The van der Waals surface area contributed by atoms with Gasteiger partial charge in [0.05, 0.1) is 6.33 Å². The minimum atomic E-state index is -0.552. The number of ketones is 1. The van der Waals surface area contributed by atoms with Crippen LogP contribution in [0.15, 0.2) is 48.9 Å². The van der Waals surface area contributed by atoms with Gasteiger partial charge in [0.2, 0.25) is 11.6 Å². The van der Waals surface area contributed by atoms with E-state index in [0.29, 0.717) is 12.2 Å². The summed E-state index contributed by atoms with van der Waals surface area (Å²) in [4.78, 5) is 15.8. The Morgan fingerprint density at radius 1 is 1.32 bits per heavy atom. The van der Waals surface area contributed by atoms with Crippen molar-refractivity contribution >= 4 is 11.5 Å². The average Bonchev–Trinajstić information content (AvgIpc) is 3.19. The number of aromatic amines is 1. The number of imidazole rings is 1. The van der Waals surface area contributed by atoms with Crippen LogP contribution >= 0.6 is 0 Å². The Kier molecular flexibility index (Phi) is 3.73. The molecular weight excluding hydrogens is 284 g/mol. The van der Waals surface area contributed by atoms with Crippen LogP contribution in [-0.4, -0.2) is 41.1 Å². The summed E-state index contributed by atoms with van der Waals surface area (Å²) >= 11 is 0. The average molecular weight is 296 g/mol. The summed E-state index contributed by atoms with van der Waals surface area (Å²) in [7, 11) is 0. The molecule has 8 heteroatoms. The van der Waals surface area contributed by atoms with Gasteiger partial charge in [0.1, 0.15) is 11.5 Å². The third-order valence-corrected chi connectivity index (χ3v) is 2.94. The third-order valence-electron chi connectivity index (χ3n) is 2.94. The minimum Gasteiger partial charge on any atom is -0.505 e. The molecule has 8 nitrogen and oxygen atoms in total. The Labute approximate surface area is 125 Å². The van der Waals surface area contributed by atoms with Gasteiger partial charge in [0, 0.05) is 18.8 Å². The summed E-state index contributed by atoms with van der Waals surface area (Å²) in [6.45, 7) is 0.625. The molecule has 0 saturated heterocycles. The second-order valence-electron chi connectivity index (χ2n) is 4.55. The number of benzene rings is 1. The third kappa shape index (κ3) is 3.06. The fourth-order valence-electron chi connectivity index (χ4n) is 1.90. The first-order valence-corrected chi connectivity index (χ1v) is 6.47. The number of nitrogens with zero attached hydrogens (tertiary/aromatic N) is 5. The largest absolute Gasteiger partial charge is 0.505 e. The van der Waals surface area contributed by atoms with E-state index in [4.69, 9.17) is 0 Å². The Balaban J connectivity index is 1.74. The highest BCUT2D eigenvalue weighted by Crippen LogP contribution is 2.11. The number of carbonyl (C=O) groups excluding carboxylic acids is 1. The van der Waals surface area contributed by atoms with E-state index < -0.39 is 5.78 Å². The van der Waals surface area contributed by atoms with Gasteiger partial charge in [-0.25, -0.2) is 4.98 Å². The summed E-state index contributed by atoms with van der Waals surface area (Å²) in [6, 6.07) is 9.84. The van der Waals surface area contributed by atoms with Crippen molar-refractivity contribution in [2.75, 3.05) is 0 Å². The molecule has 2 heterocycles. The van der Waals surface area contributed by atoms with Crippen LogP contribution in [0.25, 0.3) is 5.76 Å². The summed E-state index contributed by atoms with van der Waals surface area (Å²) in [5, 5.41) is 22.5. The molecule has 0 saturated carbocycles. The van der Waals surface area contributed by atoms with E-state index in [9.17, 15) is 9.90 Å². The monoisotopic (exact) mass is 296 g/mol. The quantitative estimate of drug-likeness (QED) is 0.416. The lowest BCUT2D eigenvalue weighted by molar-refractivity contribution is 0.103. The maximum Gasteiger partial charge on any atom is 0.244 e. The summed E-state index contributed by atoms with van der Waals surface area (Å²) in [6.07, 6.45) is 4.26. The standard InChI is InChI=1S/C14H12N6O2/c21-12(6-13(22)14-16-18-19-17-14)11-8-20(9-15-11)7-10-4-2-1-3-5-10/h1-6,8-9,21H,7H2,(H,16,17,18,19). The zero-order valence-corrected chi connectivity index (χ0v) is 11.4. The molecule has 0 bridgehead atoms. The molecule has 0 aliphatic heterocycles. The van der Waals surface area contributed by atoms with E-state index in [1.807, 2.05) is 34.9 Å². The number of aliphatic hydroxyl groups excluding tert-OH is 1. The maximum atomic E-state index is 11.7. The van der Waals surface area contributed by atoms with Crippen molar-refractivity contribution in [2.24, 2.45) is 0 Å². The normalized spacial score (nSPS) is 11.5. The first-order chi connectivity index (χ1) is 10.7. The fraction of sp³-hybridized carbons (Fsp3) is 0.0714. The molecule has 0 spiro atoms. The van der Waals surface area contributed by atoms with Gasteiger partial charge in [-0.1, -0.05) is 30.3 Å². The van der Waals surface area contributed by atoms with Gasteiger partial charge in [-0.15, -0.1) is 10.2 Å². The van der Waals surface area contributed by atoms with Crippen molar-refractivity contribution in [1.29, 1.82) is 0 Å². The van der Waals surface area contributed by atoms with Gasteiger partial charge in [-0.05, 0) is 10.8 Å². The molecular formula is C14H12N6O2. The van der Waals surface area contributed by atoms with Gasteiger partial charge < -0.3 is 9.67 Å². The van der Waals surface area contributed by atoms with E-state index in [0.717, 1.165) is 11.6 Å². The Morgan fingerprint density at radius 3 is 2.86 bits per heavy atom. The number of nitrogens with one attached hydrogen (secondary N) is 1. The van der Waals surface area contributed by atoms with Gasteiger partial charge in [0.25, 0.3) is 0 Å². The number of hydrogen-bond donors (Lipinski definition) is 2. The minimum absolute atomic E-state index is 0.115. The lowest BCUT2D eigenvalue weighted by Crippen LogP contribution is -2.00. The molecule has 2 aromatic heterocycles. The summed E-state index contributed by atoms with van der Waals surface area (Å²) in [5.74, 6) is -0.916. The first kappa shape index (κ1) is 13.7. The molecule has 0 radical (unpaired) electrons. The van der Waals surface area contributed by atoms with Crippen LogP contribution in [0.2, 0.25) is 0 Å². The Bertz CT molecular complexity index is 792. The number of hydrogen-bond acceptors (Lipinski definition) is 6. The lowest BCUT2D eigenvalue weighted by Gasteiger charge is -2.01. The van der Waals surface area contributed by atoms with Gasteiger partial charge in [-0.3, -0.25) is 4.79 Å². The van der Waals surface area contributed by atoms with Crippen LogP contribution in [0.5, 0.6) is 0 Å². The molecule has 0 unspecified atom stereocenters. The second kappa shape index (κ2) is 6.00. The van der Waals surface area contributed by atoms with Crippen molar-refractivity contribution in [3.8, 4) is 0 Å². The molecule has 0 aliphatic carbocycles. The molecule has 1 aromatic carbocycles. The van der Waals surface area contributed by atoms with E-state index in [1.165, 1.54) is 0 Å². The number of aromatic nitrogens is 6. The SMILES string of the molecule is O=C(C=C(O)c1cn(Cc2ccccc2)cn1)c1nn[nH]n1. The Morgan fingerprint density at radius 2 is 2.14 bits per heavy atom. The predicted molar refractivity (Wildman–Crippen MR) is 76.9 cm³/mol. The fourth-order valence-corrected chi connectivity index (χ4v) is 1.90. The van der Waals surface area contributed by atoms with Crippen LogP contribution < -0.4 is 0 Å². The topological polar surface area (TPSA) is 110 Å². The van der Waals surface area contributed by atoms with Gasteiger partial charge in [0.15, 0.2) is 0 Å². The highest BCUT2D eigenvalue weighted by atomic mass is 16.3. The zero-order valence-electron chi connectivity index (χ0n) is 11.4. The van der Waals surface area contributed by atoms with Crippen LogP contribution in [0.3, 0.4) is 0 Å². The molecule has 3 rings (SSSR count). The molecule has 2 N–H and O–H groups in total. The molecule has 110 valence electrons. The highest BCUT2D eigenvalue weighted by Gasteiger charge is 2.12. The highest BCUT2D eigenvalue weighted by molar-refractivity contribution is 6.04. The zero-order chi connectivity index (χ0) is 15.4. The van der Waals surface area contributed by atoms with Crippen molar-refractivity contribution in [3.05, 3.63) is 66.0 Å². The lowest BCUT2D eigenvalue weighted by atomic mass is 10.2. The predicted octanol–water partition coefficient (Wildman–Crippen LogP) is 1.23. The smallest absolute Gasteiger partial charge is 0.244 e. The van der Waals surface area contributed by atoms with Crippen LogP contribution in [0, 0.1) is 0 Å². The number of rotatable bonds is 5. The second-order valence-corrected chi connectivity index (χ2v) is 4.55. The molecule has 22 heavy (non-hydrogen) atoms.